The molecule has 2 unspecified atom stereocenters. The molecule has 2 fully saturated rings. The van der Waals surface area contributed by atoms with E-state index in [0.29, 0.717) is 12.6 Å². The highest BCUT2D eigenvalue weighted by Crippen LogP contribution is 2.36. The van der Waals surface area contributed by atoms with Gasteiger partial charge in [-0.2, -0.15) is 26.3 Å². The Morgan fingerprint density at radius 3 is 1.92 bits per heavy atom. The molecular formula is C20H22F6N6O5. The van der Waals surface area contributed by atoms with Crippen LogP contribution in [0.3, 0.4) is 0 Å². The molecule has 204 valence electrons. The first-order valence-corrected chi connectivity index (χ1v) is 10.5. The average molecular weight is 540 g/mol. The number of carboxylic acid groups (broad SMARTS) is 2. The van der Waals surface area contributed by atoms with Crippen LogP contribution in [0.1, 0.15) is 19.3 Å². The quantitative estimate of drug-likeness (QED) is 0.493. The van der Waals surface area contributed by atoms with Gasteiger partial charge in [0.2, 0.25) is 11.9 Å². The molecule has 0 amide bonds. The lowest BCUT2D eigenvalue weighted by Gasteiger charge is -2.39. The molecule has 0 saturated carbocycles. The number of hydrogen-bond donors (Lipinski definition) is 3. The zero-order chi connectivity index (χ0) is 27.7. The van der Waals surface area contributed by atoms with Crippen LogP contribution in [0.2, 0.25) is 0 Å². The molecule has 4 rings (SSSR count). The van der Waals surface area contributed by atoms with E-state index in [9.17, 15) is 26.3 Å². The van der Waals surface area contributed by atoms with Crippen LogP contribution in [-0.2, 0) is 14.3 Å². The molecule has 2 aliphatic rings. The molecule has 0 radical (unpaired) electrons. The third-order valence-electron chi connectivity index (χ3n) is 4.97. The number of piperidine rings is 1. The summed E-state index contributed by atoms with van der Waals surface area (Å²) in [5.74, 6) is -4.06. The van der Waals surface area contributed by atoms with Gasteiger partial charge in [0.15, 0.2) is 0 Å². The Kier molecular flexibility index (Phi) is 9.93. The van der Waals surface area contributed by atoms with Crippen LogP contribution in [0, 0.1) is 0 Å². The Balaban J connectivity index is 0.000000286. The lowest BCUT2D eigenvalue weighted by atomic mass is 9.89. The molecule has 2 saturated heterocycles. The fraction of sp³-hybridized carbons (Fsp3) is 0.500. The number of alkyl halides is 6. The van der Waals surface area contributed by atoms with Gasteiger partial charge in [-0.1, -0.05) is 0 Å². The topological polar surface area (TPSA) is 151 Å². The van der Waals surface area contributed by atoms with Crippen molar-refractivity contribution < 1.29 is 50.9 Å². The molecular weight excluding hydrogens is 518 g/mol. The van der Waals surface area contributed by atoms with Gasteiger partial charge in [0.1, 0.15) is 0 Å². The molecule has 11 nitrogen and oxygen atoms in total. The predicted octanol–water partition coefficient (Wildman–Crippen LogP) is 2.77. The van der Waals surface area contributed by atoms with Crippen molar-refractivity contribution in [2.45, 2.75) is 43.3 Å². The van der Waals surface area contributed by atoms with E-state index in [1.165, 1.54) is 0 Å². The molecule has 2 atom stereocenters. The Labute approximate surface area is 205 Å². The molecule has 0 aromatic carbocycles. The minimum atomic E-state index is -5.08. The fourth-order valence-electron chi connectivity index (χ4n) is 3.50. The summed E-state index contributed by atoms with van der Waals surface area (Å²) >= 11 is 0. The van der Waals surface area contributed by atoms with Crippen molar-refractivity contribution in [3.63, 3.8) is 0 Å². The molecule has 1 spiro atoms. The van der Waals surface area contributed by atoms with E-state index >= 15 is 0 Å². The van der Waals surface area contributed by atoms with Crippen molar-refractivity contribution in [3.8, 4) is 0 Å². The highest BCUT2D eigenvalue weighted by Gasteiger charge is 2.44. The van der Waals surface area contributed by atoms with Crippen LogP contribution >= 0.6 is 0 Å². The first-order valence-electron chi connectivity index (χ1n) is 10.5. The minimum absolute atomic E-state index is 0.121. The van der Waals surface area contributed by atoms with E-state index in [4.69, 9.17) is 24.5 Å². The van der Waals surface area contributed by atoms with Gasteiger partial charge in [0, 0.05) is 44.3 Å². The maximum absolute atomic E-state index is 10.6. The van der Waals surface area contributed by atoms with E-state index < -0.39 is 24.3 Å². The van der Waals surface area contributed by atoms with Crippen molar-refractivity contribution >= 4 is 23.8 Å². The molecule has 3 N–H and O–H groups in total. The van der Waals surface area contributed by atoms with Crippen LogP contribution in [0.5, 0.6) is 0 Å². The fourth-order valence-corrected chi connectivity index (χ4v) is 3.50. The maximum Gasteiger partial charge on any atom is 0.490 e. The number of anilines is 2. The molecule has 17 heteroatoms. The van der Waals surface area contributed by atoms with Crippen molar-refractivity contribution in [1.82, 2.24) is 19.9 Å². The average Bonchev–Trinajstić information content (AvgIpc) is 3.21. The van der Waals surface area contributed by atoms with Crippen LogP contribution in [0.4, 0.5) is 38.2 Å². The van der Waals surface area contributed by atoms with Gasteiger partial charge in [0.05, 0.1) is 18.2 Å². The van der Waals surface area contributed by atoms with E-state index in [2.05, 4.69) is 30.2 Å². The second-order valence-corrected chi connectivity index (χ2v) is 7.79. The Bertz CT molecular complexity index is 990. The molecule has 2 aromatic heterocycles. The van der Waals surface area contributed by atoms with E-state index in [-0.39, 0.29) is 11.6 Å². The van der Waals surface area contributed by atoms with Crippen LogP contribution in [0.25, 0.3) is 0 Å². The number of aliphatic carboxylic acids is 2. The molecule has 2 aliphatic heterocycles. The molecule has 0 bridgehead atoms. The maximum atomic E-state index is 10.6. The number of nitrogens with zero attached hydrogens (tertiary/aromatic N) is 5. The van der Waals surface area contributed by atoms with Gasteiger partial charge < -0.3 is 25.2 Å². The molecule has 4 heterocycles. The molecule has 0 aliphatic carbocycles. The summed E-state index contributed by atoms with van der Waals surface area (Å²) in [4.78, 5) is 37.2. The SMILES string of the molecule is O=C(O)C(F)(F)F.O=C(O)C(F)(F)F.c1cnc(NC2COC3(CCCN(c4ncccn4)C3)C2)nc1. The van der Waals surface area contributed by atoms with Crippen LogP contribution in [-0.4, -0.2) is 85.8 Å². The summed E-state index contributed by atoms with van der Waals surface area (Å²) < 4.78 is 69.7. The van der Waals surface area contributed by atoms with Crippen molar-refractivity contribution in [3.05, 3.63) is 36.9 Å². The number of aromatic nitrogens is 4. The smallest absolute Gasteiger partial charge is 0.475 e. The third-order valence-corrected chi connectivity index (χ3v) is 4.97. The van der Waals surface area contributed by atoms with E-state index in [0.717, 1.165) is 38.3 Å². The van der Waals surface area contributed by atoms with Gasteiger partial charge in [-0.25, -0.2) is 29.5 Å². The largest absolute Gasteiger partial charge is 0.490 e. The summed E-state index contributed by atoms with van der Waals surface area (Å²) in [5.41, 5.74) is -0.121. The predicted molar refractivity (Wildman–Crippen MR) is 114 cm³/mol. The van der Waals surface area contributed by atoms with Crippen molar-refractivity contribution in [2.75, 3.05) is 29.9 Å². The van der Waals surface area contributed by atoms with Gasteiger partial charge >= 0.3 is 24.3 Å². The highest BCUT2D eigenvalue weighted by atomic mass is 19.4. The number of carbonyl (C=O) groups is 2. The lowest BCUT2D eigenvalue weighted by molar-refractivity contribution is -0.193. The number of nitrogens with one attached hydrogen (secondary N) is 1. The number of rotatable bonds is 3. The number of halogens is 6. The van der Waals surface area contributed by atoms with Crippen LogP contribution < -0.4 is 10.2 Å². The van der Waals surface area contributed by atoms with E-state index in [1.54, 1.807) is 24.8 Å². The first kappa shape index (κ1) is 29.5. The summed E-state index contributed by atoms with van der Waals surface area (Å²) in [5, 5.41) is 17.6. The van der Waals surface area contributed by atoms with Gasteiger partial charge in [-0.3, -0.25) is 0 Å². The first-order chi connectivity index (χ1) is 17.2. The Morgan fingerprint density at radius 1 is 0.946 bits per heavy atom. The third kappa shape index (κ3) is 9.66. The zero-order valence-electron chi connectivity index (χ0n) is 18.9. The normalized spacial score (nSPS) is 21.2. The Hall–Kier alpha value is -3.76. The van der Waals surface area contributed by atoms with E-state index in [1.807, 2.05) is 12.1 Å². The summed E-state index contributed by atoms with van der Waals surface area (Å²) in [6, 6.07) is 3.90. The second kappa shape index (κ2) is 12.5. The number of ether oxygens (including phenoxy) is 1. The highest BCUT2D eigenvalue weighted by molar-refractivity contribution is 5.73. The number of carboxylic acids is 2. The summed E-state index contributed by atoms with van der Waals surface area (Å²) in [6.07, 6.45) is 0.0178. The number of hydrogen-bond acceptors (Lipinski definition) is 9. The summed E-state index contributed by atoms with van der Waals surface area (Å²) in [7, 11) is 0. The molecule has 37 heavy (non-hydrogen) atoms. The van der Waals surface area contributed by atoms with Crippen molar-refractivity contribution in [1.29, 1.82) is 0 Å². The van der Waals surface area contributed by atoms with Gasteiger partial charge in [-0.15, -0.1) is 0 Å². The minimum Gasteiger partial charge on any atom is -0.475 e. The van der Waals surface area contributed by atoms with Gasteiger partial charge in [0.25, 0.3) is 0 Å². The van der Waals surface area contributed by atoms with Crippen molar-refractivity contribution in [2.24, 2.45) is 0 Å². The lowest BCUT2D eigenvalue weighted by Crippen LogP contribution is -2.48. The van der Waals surface area contributed by atoms with Gasteiger partial charge in [-0.05, 0) is 25.0 Å². The zero-order valence-corrected chi connectivity index (χ0v) is 18.9. The Morgan fingerprint density at radius 2 is 1.43 bits per heavy atom. The second-order valence-electron chi connectivity index (χ2n) is 7.79. The summed E-state index contributed by atoms with van der Waals surface area (Å²) in [6.45, 7) is 2.50. The monoisotopic (exact) mass is 540 g/mol. The van der Waals surface area contributed by atoms with Crippen LogP contribution in [0.15, 0.2) is 36.9 Å². The molecule has 2 aromatic rings. The standard InChI is InChI=1S/C16H20N6O.2C2HF3O2/c1-4-16(12-22(9-1)15-19-7-3-8-20-15)10-13(11-23-16)21-14-17-5-2-6-18-14;2*3-2(4,5)1(6)7/h2-3,5-8,13H,1,4,9-12H2,(H,17,18,21);2*(H,6,7).